The Hall–Kier alpha value is -1.29. The highest BCUT2D eigenvalue weighted by molar-refractivity contribution is 7.22. The van der Waals surface area contributed by atoms with E-state index in [9.17, 15) is 5.11 Å². The number of thiazole rings is 1. The summed E-state index contributed by atoms with van der Waals surface area (Å²) in [6.07, 6.45) is 0. The van der Waals surface area contributed by atoms with Crippen LogP contribution in [0.25, 0.3) is 10.2 Å². The minimum absolute atomic E-state index is 0.00984. The number of aromatic nitrogens is 1. The number of rotatable bonds is 1. The van der Waals surface area contributed by atoms with Crippen molar-refractivity contribution < 1.29 is 5.11 Å². The zero-order valence-corrected chi connectivity index (χ0v) is 9.85. The van der Waals surface area contributed by atoms with Crippen LogP contribution in [0.4, 0.5) is 5.13 Å². The molecule has 1 aromatic carbocycles. The number of phenols is 1. The van der Waals surface area contributed by atoms with Gasteiger partial charge in [-0.2, -0.15) is 0 Å². The van der Waals surface area contributed by atoms with Crippen LogP contribution in [0, 0.1) is 0 Å². The van der Waals surface area contributed by atoms with Gasteiger partial charge in [0.2, 0.25) is 0 Å². The minimum atomic E-state index is 0.00984. The van der Waals surface area contributed by atoms with Crippen molar-refractivity contribution in [2.24, 2.45) is 0 Å². The average Bonchev–Trinajstić information content (AvgIpc) is 2.42. The second kappa shape index (κ2) is 3.38. The third-order valence-electron chi connectivity index (χ3n) is 1.85. The molecule has 1 heterocycles. The number of phenolic OH excluding ortho intramolecular Hbond substituents is 1. The lowest BCUT2D eigenvalue weighted by Gasteiger charge is -2.19. The van der Waals surface area contributed by atoms with Crippen molar-refractivity contribution in [3.63, 3.8) is 0 Å². The van der Waals surface area contributed by atoms with Gasteiger partial charge in [0, 0.05) is 5.54 Å². The largest absolute Gasteiger partial charge is 0.508 e. The molecule has 0 saturated heterocycles. The molecule has 2 N–H and O–H groups in total. The SMILES string of the molecule is CC(C)(C)Nc1nc2ccc(O)cc2s1. The van der Waals surface area contributed by atoms with Gasteiger partial charge in [0.1, 0.15) is 5.75 Å². The molecule has 2 aromatic rings. The van der Waals surface area contributed by atoms with Gasteiger partial charge in [0.25, 0.3) is 0 Å². The zero-order chi connectivity index (χ0) is 11.1. The first kappa shape index (κ1) is 10.2. The summed E-state index contributed by atoms with van der Waals surface area (Å²) in [5.74, 6) is 0.286. The van der Waals surface area contributed by atoms with Crippen LogP contribution < -0.4 is 5.32 Å². The maximum absolute atomic E-state index is 9.33. The van der Waals surface area contributed by atoms with Crippen molar-refractivity contribution in [1.82, 2.24) is 4.98 Å². The fraction of sp³-hybridized carbons (Fsp3) is 0.364. The molecule has 2 rings (SSSR count). The molecule has 0 fully saturated rings. The molecule has 0 aliphatic carbocycles. The van der Waals surface area contributed by atoms with E-state index in [1.807, 2.05) is 6.07 Å². The molecule has 0 radical (unpaired) electrons. The highest BCUT2D eigenvalue weighted by Gasteiger charge is 2.12. The molecule has 4 heteroatoms. The van der Waals surface area contributed by atoms with E-state index in [1.54, 1.807) is 23.5 Å². The van der Waals surface area contributed by atoms with Crippen LogP contribution in [0.2, 0.25) is 0 Å². The van der Waals surface area contributed by atoms with Crippen LogP contribution >= 0.6 is 11.3 Å². The van der Waals surface area contributed by atoms with Crippen molar-refractivity contribution >= 4 is 26.7 Å². The summed E-state index contributed by atoms with van der Waals surface area (Å²) in [6.45, 7) is 6.28. The van der Waals surface area contributed by atoms with E-state index >= 15 is 0 Å². The zero-order valence-electron chi connectivity index (χ0n) is 9.03. The first-order valence-electron chi connectivity index (χ1n) is 4.82. The van der Waals surface area contributed by atoms with Gasteiger partial charge in [0.05, 0.1) is 10.2 Å². The molecular formula is C11H14N2OS. The predicted molar refractivity (Wildman–Crippen MR) is 64.7 cm³/mol. The van der Waals surface area contributed by atoms with E-state index in [0.717, 1.165) is 15.3 Å². The first-order valence-corrected chi connectivity index (χ1v) is 5.63. The molecule has 0 aliphatic heterocycles. The molecule has 0 unspecified atom stereocenters. The monoisotopic (exact) mass is 222 g/mol. The minimum Gasteiger partial charge on any atom is -0.508 e. The molecule has 0 aliphatic rings. The summed E-state index contributed by atoms with van der Waals surface area (Å²) in [4.78, 5) is 4.44. The Morgan fingerprint density at radius 3 is 2.73 bits per heavy atom. The quantitative estimate of drug-likeness (QED) is 0.778. The van der Waals surface area contributed by atoms with Crippen LogP contribution in [0.1, 0.15) is 20.8 Å². The molecule has 0 atom stereocenters. The molecule has 0 saturated carbocycles. The molecule has 15 heavy (non-hydrogen) atoms. The van der Waals surface area contributed by atoms with Gasteiger partial charge >= 0.3 is 0 Å². The standard InChI is InChI=1S/C11H14N2OS/c1-11(2,3)13-10-12-8-5-4-7(14)6-9(8)15-10/h4-6,14H,1-3H3,(H,12,13). The first-order chi connectivity index (χ1) is 6.94. The van der Waals surface area contributed by atoms with Crippen molar-refractivity contribution in [1.29, 1.82) is 0 Å². The van der Waals surface area contributed by atoms with E-state index in [4.69, 9.17) is 0 Å². The van der Waals surface area contributed by atoms with Crippen LogP contribution in [0.5, 0.6) is 5.75 Å². The van der Waals surface area contributed by atoms with Gasteiger partial charge in [-0.1, -0.05) is 11.3 Å². The van der Waals surface area contributed by atoms with E-state index < -0.39 is 0 Å². The van der Waals surface area contributed by atoms with Crippen LogP contribution in [-0.2, 0) is 0 Å². The maximum atomic E-state index is 9.33. The van der Waals surface area contributed by atoms with Crippen molar-refractivity contribution in [2.75, 3.05) is 5.32 Å². The summed E-state index contributed by atoms with van der Waals surface area (Å²) in [6, 6.07) is 5.22. The number of benzene rings is 1. The van der Waals surface area contributed by atoms with Crippen LogP contribution in [-0.4, -0.2) is 15.6 Å². The van der Waals surface area contributed by atoms with Crippen LogP contribution in [0.3, 0.4) is 0 Å². The lowest BCUT2D eigenvalue weighted by atomic mass is 10.1. The fourth-order valence-corrected chi connectivity index (χ4v) is 2.40. The third-order valence-corrected chi connectivity index (χ3v) is 2.79. The number of anilines is 1. The predicted octanol–water partition coefficient (Wildman–Crippen LogP) is 3.21. The summed E-state index contributed by atoms with van der Waals surface area (Å²) in [7, 11) is 0. The fourth-order valence-electron chi connectivity index (χ4n) is 1.29. The normalized spacial score (nSPS) is 11.9. The third kappa shape index (κ3) is 2.39. The Bertz CT molecular complexity index is 485. The van der Waals surface area contributed by atoms with Gasteiger partial charge in [-0.15, -0.1) is 0 Å². The second-order valence-corrected chi connectivity index (χ2v) is 5.58. The number of fused-ring (bicyclic) bond motifs is 1. The van der Waals surface area contributed by atoms with Gasteiger partial charge in [0.15, 0.2) is 5.13 Å². The Balaban J connectivity index is 2.39. The molecule has 0 spiro atoms. The highest BCUT2D eigenvalue weighted by Crippen LogP contribution is 2.30. The van der Waals surface area contributed by atoms with Gasteiger partial charge in [-0.25, -0.2) is 4.98 Å². The molecular weight excluding hydrogens is 208 g/mol. The summed E-state index contributed by atoms with van der Waals surface area (Å²) >= 11 is 1.56. The van der Waals surface area contributed by atoms with Crippen molar-refractivity contribution in [3.8, 4) is 5.75 Å². The van der Waals surface area contributed by atoms with E-state index in [1.165, 1.54) is 0 Å². The summed E-state index contributed by atoms with van der Waals surface area (Å²) < 4.78 is 1.00. The van der Waals surface area contributed by atoms with E-state index in [0.29, 0.717) is 0 Å². The highest BCUT2D eigenvalue weighted by atomic mass is 32.1. The van der Waals surface area contributed by atoms with Crippen molar-refractivity contribution in [3.05, 3.63) is 18.2 Å². The molecule has 80 valence electrons. The molecule has 0 bridgehead atoms. The topological polar surface area (TPSA) is 45.2 Å². The van der Waals surface area contributed by atoms with E-state index in [-0.39, 0.29) is 11.3 Å². The Kier molecular flexibility index (Phi) is 2.31. The maximum Gasteiger partial charge on any atom is 0.184 e. The number of nitrogens with one attached hydrogen (secondary N) is 1. The molecule has 1 aromatic heterocycles. The van der Waals surface area contributed by atoms with Gasteiger partial charge in [-0.05, 0) is 39.0 Å². The summed E-state index contributed by atoms with van der Waals surface area (Å²) in [5.41, 5.74) is 0.931. The number of aromatic hydroxyl groups is 1. The average molecular weight is 222 g/mol. The Morgan fingerprint density at radius 1 is 1.33 bits per heavy atom. The van der Waals surface area contributed by atoms with Crippen molar-refractivity contribution in [2.45, 2.75) is 26.3 Å². The summed E-state index contributed by atoms with van der Waals surface area (Å²) in [5, 5.41) is 13.5. The number of hydrogen-bond acceptors (Lipinski definition) is 4. The van der Waals surface area contributed by atoms with Gasteiger partial charge < -0.3 is 10.4 Å². The molecule has 3 nitrogen and oxygen atoms in total. The lowest BCUT2D eigenvalue weighted by Crippen LogP contribution is -2.25. The number of hydrogen-bond donors (Lipinski definition) is 2. The smallest absolute Gasteiger partial charge is 0.184 e. The van der Waals surface area contributed by atoms with Gasteiger partial charge in [-0.3, -0.25) is 0 Å². The Morgan fingerprint density at radius 2 is 2.07 bits per heavy atom. The Labute approximate surface area is 92.8 Å². The lowest BCUT2D eigenvalue weighted by molar-refractivity contribution is 0.476. The second-order valence-electron chi connectivity index (χ2n) is 4.55. The van der Waals surface area contributed by atoms with Crippen LogP contribution in [0.15, 0.2) is 18.2 Å². The molecule has 0 amide bonds. The number of nitrogens with zero attached hydrogens (tertiary/aromatic N) is 1. The van der Waals surface area contributed by atoms with E-state index in [2.05, 4.69) is 31.1 Å².